The average molecular weight is 220 g/mol. The first-order valence-electron chi connectivity index (χ1n) is 5.00. The number of hydrogen-bond donors (Lipinski definition) is 2. The highest BCUT2D eigenvalue weighted by molar-refractivity contribution is 5.88. The van der Waals surface area contributed by atoms with Crippen LogP contribution in [0.4, 0.5) is 0 Å². The van der Waals surface area contributed by atoms with Gasteiger partial charge in [-0.05, 0) is 18.1 Å². The molecule has 84 valence electrons. The third-order valence-electron chi connectivity index (χ3n) is 2.62. The molecule has 0 aliphatic carbocycles. The van der Waals surface area contributed by atoms with Gasteiger partial charge in [0, 0.05) is 5.56 Å². The molecule has 1 aromatic heterocycles. The van der Waals surface area contributed by atoms with Crippen LogP contribution in [0.3, 0.4) is 0 Å². The quantitative estimate of drug-likeness (QED) is 0.834. The van der Waals surface area contributed by atoms with E-state index in [9.17, 15) is 9.90 Å². The van der Waals surface area contributed by atoms with Crippen LogP contribution in [0.15, 0.2) is 28.9 Å². The van der Waals surface area contributed by atoms with Crippen LogP contribution in [0.1, 0.15) is 24.8 Å². The number of aliphatic carboxylic acids is 1. The lowest BCUT2D eigenvalue weighted by atomic mass is 9.97. The zero-order valence-corrected chi connectivity index (χ0v) is 8.80. The van der Waals surface area contributed by atoms with E-state index in [2.05, 4.69) is 0 Å². The first kappa shape index (κ1) is 10.5. The van der Waals surface area contributed by atoms with Crippen molar-refractivity contribution < 1.29 is 19.4 Å². The van der Waals surface area contributed by atoms with Crippen LogP contribution >= 0.6 is 0 Å². The van der Waals surface area contributed by atoms with Gasteiger partial charge in [-0.25, -0.2) is 0 Å². The molecule has 0 spiro atoms. The van der Waals surface area contributed by atoms with E-state index >= 15 is 0 Å². The van der Waals surface area contributed by atoms with E-state index < -0.39 is 5.97 Å². The predicted molar refractivity (Wildman–Crippen MR) is 58.5 cm³/mol. The van der Waals surface area contributed by atoms with E-state index in [1.54, 1.807) is 25.1 Å². The highest BCUT2D eigenvalue weighted by Crippen LogP contribution is 2.34. The highest BCUT2D eigenvalue weighted by atomic mass is 16.4. The van der Waals surface area contributed by atoms with Crippen molar-refractivity contribution in [3.63, 3.8) is 0 Å². The third-order valence-corrected chi connectivity index (χ3v) is 2.62. The Hall–Kier alpha value is -1.97. The largest absolute Gasteiger partial charge is 0.507 e. The fourth-order valence-corrected chi connectivity index (χ4v) is 1.83. The Morgan fingerprint density at radius 3 is 2.94 bits per heavy atom. The SMILES string of the molecule is CC(CC(=O)O)c1coc2cccc(O)c12. The number of benzene rings is 1. The lowest BCUT2D eigenvalue weighted by Gasteiger charge is -2.06. The van der Waals surface area contributed by atoms with Gasteiger partial charge in [-0.15, -0.1) is 0 Å². The van der Waals surface area contributed by atoms with E-state index in [4.69, 9.17) is 9.52 Å². The summed E-state index contributed by atoms with van der Waals surface area (Å²) in [5.74, 6) is -0.928. The molecular weight excluding hydrogens is 208 g/mol. The normalized spacial score (nSPS) is 12.8. The van der Waals surface area contributed by atoms with Crippen LogP contribution in [-0.4, -0.2) is 16.2 Å². The van der Waals surface area contributed by atoms with E-state index in [0.29, 0.717) is 11.0 Å². The second-order valence-corrected chi connectivity index (χ2v) is 3.84. The molecular formula is C12H12O4. The lowest BCUT2D eigenvalue weighted by molar-refractivity contribution is -0.137. The summed E-state index contributed by atoms with van der Waals surface area (Å²) in [5, 5.41) is 19.1. The van der Waals surface area contributed by atoms with Gasteiger partial charge < -0.3 is 14.6 Å². The molecule has 1 aromatic carbocycles. The molecule has 0 amide bonds. The molecule has 1 atom stereocenters. The summed E-state index contributed by atoms with van der Waals surface area (Å²) >= 11 is 0. The van der Waals surface area contributed by atoms with Crippen LogP contribution in [0.5, 0.6) is 5.75 Å². The predicted octanol–water partition coefficient (Wildman–Crippen LogP) is 2.72. The third kappa shape index (κ3) is 1.74. The van der Waals surface area contributed by atoms with Gasteiger partial charge in [-0.1, -0.05) is 13.0 Å². The molecule has 1 unspecified atom stereocenters. The Morgan fingerprint density at radius 1 is 1.50 bits per heavy atom. The van der Waals surface area contributed by atoms with E-state index in [0.717, 1.165) is 5.56 Å². The molecule has 0 aliphatic rings. The number of fused-ring (bicyclic) bond motifs is 1. The molecule has 2 aromatic rings. The molecule has 1 heterocycles. The molecule has 0 fully saturated rings. The Bertz CT molecular complexity index is 527. The standard InChI is InChI=1S/C12H12O4/c1-7(5-11(14)15)8-6-16-10-4-2-3-9(13)12(8)10/h2-4,6-7,13H,5H2,1H3,(H,14,15). The number of aromatic hydroxyl groups is 1. The maximum Gasteiger partial charge on any atom is 0.303 e. The topological polar surface area (TPSA) is 70.7 Å². The van der Waals surface area contributed by atoms with E-state index in [1.165, 1.54) is 6.26 Å². The van der Waals surface area contributed by atoms with Gasteiger partial charge in [0.15, 0.2) is 0 Å². The molecule has 0 saturated heterocycles. The Balaban J connectivity index is 2.48. The summed E-state index contributed by atoms with van der Waals surface area (Å²) in [6.45, 7) is 1.80. The summed E-state index contributed by atoms with van der Waals surface area (Å²) in [5.41, 5.74) is 1.31. The zero-order valence-electron chi connectivity index (χ0n) is 8.80. The van der Waals surface area contributed by atoms with Crippen molar-refractivity contribution in [1.82, 2.24) is 0 Å². The smallest absolute Gasteiger partial charge is 0.303 e. The van der Waals surface area contributed by atoms with Gasteiger partial charge in [0.2, 0.25) is 0 Å². The number of rotatable bonds is 3. The minimum Gasteiger partial charge on any atom is -0.507 e. The van der Waals surface area contributed by atoms with Gasteiger partial charge in [-0.3, -0.25) is 4.79 Å². The molecule has 4 nitrogen and oxygen atoms in total. The minimum absolute atomic E-state index is 0.0168. The van der Waals surface area contributed by atoms with Crippen molar-refractivity contribution in [2.75, 3.05) is 0 Å². The molecule has 0 bridgehead atoms. The van der Waals surface area contributed by atoms with Crippen molar-refractivity contribution in [1.29, 1.82) is 0 Å². The number of carboxylic acid groups (broad SMARTS) is 1. The molecule has 2 rings (SSSR count). The molecule has 0 saturated carbocycles. The maximum atomic E-state index is 10.6. The molecule has 16 heavy (non-hydrogen) atoms. The van der Waals surface area contributed by atoms with Crippen LogP contribution in [-0.2, 0) is 4.79 Å². The summed E-state index contributed by atoms with van der Waals surface area (Å²) < 4.78 is 5.28. The maximum absolute atomic E-state index is 10.6. The van der Waals surface area contributed by atoms with Crippen LogP contribution < -0.4 is 0 Å². The average Bonchev–Trinajstić information content (AvgIpc) is 2.61. The summed E-state index contributed by atoms with van der Waals surface area (Å²) in [6, 6.07) is 4.99. The molecule has 0 aliphatic heterocycles. The second kappa shape index (κ2) is 3.89. The van der Waals surface area contributed by atoms with Crippen molar-refractivity contribution in [2.24, 2.45) is 0 Å². The fraction of sp³-hybridized carbons (Fsp3) is 0.250. The number of carboxylic acids is 1. The van der Waals surface area contributed by atoms with E-state index in [-0.39, 0.29) is 18.1 Å². The Labute approximate surface area is 92.1 Å². The molecule has 4 heteroatoms. The van der Waals surface area contributed by atoms with Crippen LogP contribution in [0.25, 0.3) is 11.0 Å². The fourth-order valence-electron chi connectivity index (χ4n) is 1.83. The first-order valence-corrected chi connectivity index (χ1v) is 5.00. The van der Waals surface area contributed by atoms with Gasteiger partial charge in [0.05, 0.1) is 18.1 Å². The van der Waals surface area contributed by atoms with Crippen molar-refractivity contribution in [3.05, 3.63) is 30.0 Å². The monoisotopic (exact) mass is 220 g/mol. The van der Waals surface area contributed by atoms with Crippen LogP contribution in [0.2, 0.25) is 0 Å². The zero-order chi connectivity index (χ0) is 11.7. The number of phenolic OH excluding ortho intramolecular Hbond substituents is 1. The summed E-state index contributed by atoms with van der Waals surface area (Å²) in [4.78, 5) is 10.6. The van der Waals surface area contributed by atoms with Crippen molar-refractivity contribution in [2.45, 2.75) is 19.3 Å². The second-order valence-electron chi connectivity index (χ2n) is 3.84. The van der Waals surface area contributed by atoms with Crippen molar-refractivity contribution >= 4 is 16.9 Å². The highest BCUT2D eigenvalue weighted by Gasteiger charge is 2.17. The molecule has 2 N–H and O–H groups in total. The number of hydrogen-bond acceptors (Lipinski definition) is 3. The van der Waals surface area contributed by atoms with Gasteiger partial charge >= 0.3 is 5.97 Å². The number of furan rings is 1. The van der Waals surface area contributed by atoms with Crippen molar-refractivity contribution in [3.8, 4) is 5.75 Å². The van der Waals surface area contributed by atoms with E-state index in [1.807, 2.05) is 0 Å². The van der Waals surface area contributed by atoms with Gasteiger partial charge in [0.25, 0.3) is 0 Å². The van der Waals surface area contributed by atoms with Gasteiger partial charge in [0.1, 0.15) is 11.3 Å². The number of carbonyl (C=O) groups is 1. The Morgan fingerprint density at radius 2 is 2.25 bits per heavy atom. The first-order chi connectivity index (χ1) is 7.59. The Kier molecular flexibility index (Phi) is 2.56. The summed E-state index contributed by atoms with van der Waals surface area (Å²) in [7, 11) is 0. The van der Waals surface area contributed by atoms with Crippen LogP contribution in [0, 0.1) is 0 Å². The molecule has 0 radical (unpaired) electrons. The minimum atomic E-state index is -0.864. The number of phenols is 1. The lowest BCUT2D eigenvalue weighted by Crippen LogP contribution is -2.02. The van der Waals surface area contributed by atoms with Gasteiger partial charge in [-0.2, -0.15) is 0 Å². The summed E-state index contributed by atoms with van der Waals surface area (Å²) in [6.07, 6.45) is 1.53.